The molecule has 0 bridgehead atoms. The van der Waals surface area contributed by atoms with Gasteiger partial charge in [-0.2, -0.15) is 4.98 Å². The minimum Gasteiger partial charge on any atom is -0.346 e. The lowest BCUT2D eigenvalue weighted by atomic mass is 10.0. The van der Waals surface area contributed by atoms with E-state index in [0.717, 1.165) is 11.4 Å². The number of hydrogen-bond donors (Lipinski definition) is 2. The van der Waals surface area contributed by atoms with Gasteiger partial charge < -0.3 is 15.2 Å². The highest BCUT2D eigenvalue weighted by atomic mass is 35.5. The molecule has 2 aromatic heterocycles. The Morgan fingerprint density at radius 1 is 1.23 bits per heavy atom. The molecule has 2 amide bonds. The van der Waals surface area contributed by atoms with Crippen molar-refractivity contribution in [3.8, 4) is 5.69 Å². The number of benzene rings is 1. The van der Waals surface area contributed by atoms with E-state index in [9.17, 15) is 4.79 Å². The molecule has 0 saturated carbocycles. The SMILES string of the molecule is CC(Nc1nccc(N2C(=O)NC[C@@H]2C(C)C)n1)c1cn(-c2cccc(Cl)c2)cn1. The molecule has 1 aromatic carbocycles. The molecule has 1 unspecified atom stereocenters. The zero-order chi connectivity index (χ0) is 21.3. The summed E-state index contributed by atoms with van der Waals surface area (Å²) in [5, 5.41) is 6.84. The number of hydrogen-bond acceptors (Lipinski definition) is 5. The number of nitrogens with one attached hydrogen (secondary N) is 2. The summed E-state index contributed by atoms with van der Waals surface area (Å²) >= 11 is 6.09. The summed E-state index contributed by atoms with van der Waals surface area (Å²) in [7, 11) is 0. The van der Waals surface area contributed by atoms with Crippen LogP contribution in [0.4, 0.5) is 16.6 Å². The minimum absolute atomic E-state index is 0.0612. The van der Waals surface area contributed by atoms with Crippen LogP contribution < -0.4 is 15.5 Å². The number of nitrogens with zero attached hydrogens (tertiary/aromatic N) is 5. The Kier molecular flexibility index (Phi) is 5.59. The Hall–Kier alpha value is -3.13. The number of imidazole rings is 1. The topological polar surface area (TPSA) is 88.0 Å². The van der Waals surface area contributed by atoms with Crippen molar-refractivity contribution >= 4 is 29.4 Å². The van der Waals surface area contributed by atoms with E-state index in [1.807, 2.05) is 42.0 Å². The third-order valence-corrected chi connectivity index (χ3v) is 5.40. The van der Waals surface area contributed by atoms with E-state index in [-0.39, 0.29) is 18.1 Å². The van der Waals surface area contributed by atoms with Gasteiger partial charge in [0.15, 0.2) is 0 Å². The van der Waals surface area contributed by atoms with Gasteiger partial charge in [0.2, 0.25) is 5.95 Å². The van der Waals surface area contributed by atoms with Crippen LogP contribution >= 0.6 is 11.6 Å². The van der Waals surface area contributed by atoms with Crippen molar-refractivity contribution in [2.24, 2.45) is 5.92 Å². The zero-order valence-electron chi connectivity index (χ0n) is 17.1. The first-order valence-corrected chi connectivity index (χ1v) is 10.3. The van der Waals surface area contributed by atoms with E-state index in [4.69, 9.17) is 11.6 Å². The maximum atomic E-state index is 12.3. The van der Waals surface area contributed by atoms with Crippen LogP contribution in [-0.2, 0) is 0 Å². The summed E-state index contributed by atoms with van der Waals surface area (Å²) in [5.74, 6) is 1.34. The van der Waals surface area contributed by atoms with Gasteiger partial charge in [0.1, 0.15) is 5.82 Å². The van der Waals surface area contributed by atoms with Gasteiger partial charge >= 0.3 is 6.03 Å². The highest BCUT2D eigenvalue weighted by molar-refractivity contribution is 6.30. The van der Waals surface area contributed by atoms with Crippen LogP contribution in [0.1, 0.15) is 32.5 Å². The van der Waals surface area contributed by atoms with Gasteiger partial charge in [-0.1, -0.05) is 31.5 Å². The predicted molar refractivity (Wildman–Crippen MR) is 117 cm³/mol. The lowest BCUT2D eigenvalue weighted by molar-refractivity contribution is 0.251. The van der Waals surface area contributed by atoms with Gasteiger partial charge in [-0.15, -0.1) is 0 Å². The number of amides is 2. The average molecular weight is 426 g/mol. The van der Waals surface area contributed by atoms with Crippen LogP contribution in [0.5, 0.6) is 0 Å². The first-order valence-electron chi connectivity index (χ1n) is 9.89. The molecule has 30 heavy (non-hydrogen) atoms. The minimum atomic E-state index is -0.133. The largest absolute Gasteiger partial charge is 0.346 e. The highest BCUT2D eigenvalue weighted by Crippen LogP contribution is 2.24. The van der Waals surface area contributed by atoms with Crippen LogP contribution in [0.3, 0.4) is 0 Å². The van der Waals surface area contributed by atoms with Crippen LogP contribution in [0, 0.1) is 5.92 Å². The first-order chi connectivity index (χ1) is 14.4. The van der Waals surface area contributed by atoms with E-state index in [2.05, 4.69) is 39.4 Å². The van der Waals surface area contributed by atoms with Crippen molar-refractivity contribution in [2.45, 2.75) is 32.9 Å². The number of rotatable bonds is 6. The molecule has 1 saturated heterocycles. The maximum Gasteiger partial charge on any atom is 0.323 e. The molecule has 1 aliphatic heterocycles. The quantitative estimate of drug-likeness (QED) is 0.622. The second-order valence-corrected chi connectivity index (χ2v) is 8.09. The molecule has 156 valence electrons. The number of aromatic nitrogens is 4. The summed E-state index contributed by atoms with van der Waals surface area (Å²) in [4.78, 5) is 27.4. The molecular weight excluding hydrogens is 402 g/mol. The van der Waals surface area contributed by atoms with Crippen molar-refractivity contribution in [2.75, 3.05) is 16.8 Å². The smallest absolute Gasteiger partial charge is 0.323 e. The molecule has 2 atom stereocenters. The summed E-state index contributed by atoms with van der Waals surface area (Å²) in [6.07, 6.45) is 5.35. The van der Waals surface area contributed by atoms with Crippen molar-refractivity contribution in [1.82, 2.24) is 24.8 Å². The van der Waals surface area contributed by atoms with E-state index in [1.54, 1.807) is 23.5 Å². The van der Waals surface area contributed by atoms with Gasteiger partial charge in [0, 0.05) is 29.6 Å². The molecule has 3 aromatic rings. The normalized spacial score (nSPS) is 17.3. The molecule has 0 spiro atoms. The molecular formula is C21H24ClN7O. The summed E-state index contributed by atoms with van der Waals surface area (Å²) < 4.78 is 1.92. The van der Waals surface area contributed by atoms with Crippen LogP contribution in [0.25, 0.3) is 5.69 Å². The Bertz CT molecular complexity index is 1050. The molecule has 9 heteroatoms. The van der Waals surface area contributed by atoms with Crippen molar-refractivity contribution < 1.29 is 4.79 Å². The van der Waals surface area contributed by atoms with Crippen LogP contribution in [0.2, 0.25) is 5.02 Å². The molecule has 4 rings (SSSR count). The Labute approximate surface area is 180 Å². The second-order valence-electron chi connectivity index (χ2n) is 7.66. The van der Waals surface area contributed by atoms with Crippen LogP contribution in [-0.4, -0.2) is 38.1 Å². The predicted octanol–water partition coefficient (Wildman–Crippen LogP) is 4.04. The Balaban J connectivity index is 1.51. The van der Waals surface area contributed by atoms with Crippen LogP contribution in [0.15, 0.2) is 49.1 Å². The molecule has 8 nitrogen and oxygen atoms in total. The number of carbonyl (C=O) groups excluding carboxylic acids is 1. The second kappa shape index (κ2) is 8.31. The summed E-state index contributed by atoms with van der Waals surface area (Å²) in [6, 6.07) is 9.13. The average Bonchev–Trinajstić information content (AvgIpc) is 3.35. The standard InChI is InChI=1S/C21H24ClN7O/c1-13(2)18-10-24-21(30)29(18)19-7-8-23-20(27-19)26-14(3)17-11-28(12-25-17)16-6-4-5-15(22)9-16/h4-9,11-14,18H,10H2,1-3H3,(H,24,30)(H,23,26,27)/t14?,18-/m1/s1. The number of carbonyl (C=O) groups is 1. The van der Waals surface area contributed by atoms with Crippen molar-refractivity contribution in [1.29, 1.82) is 0 Å². The van der Waals surface area contributed by atoms with Gasteiger partial charge in [-0.3, -0.25) is 4.90 Å². The van der Waals surface area contributed by atoms with E-state index in [1.165, 1.54) is 0 Å². The van der Waals surface area contributed by atoms with Gasteiger partial charge in [0.25, 0.3) is 0 Å². The molecule has 1 fully saturated rings. The summed E-state index contributed by atoms with van der Waals surface area (Å²) in [5.41, 5.74) is 1.77. The van der Waals surface area contributed by atoms with Crippen molar-refractivity contribution in [3.05, 3.63) is 59.8 Å². The Morgan fingerprint density at radius 2 is 2.07 bits per heavy atom. The van der Waals surface area contributed by atoms with Crippen molar-refractivity contribution in [3.63, 3.8) is 0 Å². The van der Waals surface area contributed by atoms with Gasteiger partial charge in [0.05, 0.1) is 24.1 Å². The fourth-order valence-corrected chi connectivity index (χ4v) is 3.67. The monoisotopic (exact) mass is 425 g/mol. The Morgan fingerprint density at radius 3 is 2.83 bits per heavy atom. The molecule has 1 aliphatic rings. The third kappa shape index (κ3) is 4.09. The fraction of sp³-hybridized carbons (Fsp3) is 0.333. The third-order valence-electron chi connectivity index (χ3n) is 5.17. The fourth-order valence-electron chi connectivity index (χ4n) is 3.49. The van der Waals surface area contributed by atoms with Gasteiger partial charge in [-0.25, -0.2) is 14.8 Å². The maximum absolute atomic E-state index is 12.3. The van der Waals surface area contributed by atoms with E-state index in [0.29, 0.717) is 29.3 Å². The zero-order valence-corrected chi connectivity index (χ0v) is 17.8. The lowest BCUT2D eigenvalue weighted by Gasteiger charge is -2.25. The molecule has 2 N–H and O–H groups in total. The van der Waals surface area contributed by atoms with Gasteiger partial charge in [-0.05, 0) is 37.1 Å². The molecule has 0 radical (unpaired) electrons. The number of urea groups is 1. The number of anilines is 2. The van der Waals surface area contributed by atoms with E-state index < -0.39 is 0 Å². The molecule has 0 aliphatic carbocycles. The first kappa shape index (κ1) is 20.2. The van der Waals surface area contributed by atoms with E-state index >= 15 is 0 Å². The lowest BCUT2D eigenvalue weighted by Crippen LogP contribution is -2.38. The highest BCUT2D eigenvalue weighted by Gasteiger charge is 2.34. The molecule has 3 heterocycles. The number of halogens is 1. The summed E-state index contributed by atoms with van der Waals surface area (Å²) in [6.45, 7) is 6.79.